The molecule has 3 heteroatoms. The first kappa shape index (κ1) is 8.23. The number of hydrogen-bond acceptors (Lipinski definition) is 1. The van der Waals surface area contributed by atoms with Crippen LogP contribution in [0.15, 0.2) is 24.3 Å². The van der Waals surface area contributed by atoms with Crippen LogP contribution in [0.1, 0.15) is 12.0 Å². The first-order chi connectivity index (χ1) is 6.24. The quantitative estimate of drug-likeness (QED) is 0.680. The molecule has 0 unspecified atom stereocenters. The molecule has 68 valence electrons. The van der Waals surface area contributed by atoms with Crippen LogP contribution in [-0.4, -0.2) is 11.9 Å². The summed E-state index contributed by atoms with van der Waals surface area (Å²) < 4.78 is 12.5. The molecule has 0 aromatic heterocycles. The highest BCUT2D eigenvalue weighted by Crippen LogP contribution is 2.12. The van der Waals surface area contributed by atoms with Crippen LogP contribution < -0.4 is 5.32 Å². The lowest BCUT2D eigenvalue weighted by Gasteiger charge is -2.26. The molecule has 2 nitrogen and oxygen atoms in total. The zero-order chi connectivity index (χ0) is 9.26. The van der Waals surface area contributed by atoms with Crippen LogP contribution in [0.2, 0.25) is 0 Å². The Morgan fingerprint density at radius 3 is 2.54 bits per heavy atom. The summed E-state index contributed by atoms with van der Waals surface area (Å²) in [4.78, 5) is 10.6. The Labute approximate surface area is 75.8 Å². The summed E-state index contributed by atoms with van der Waals surface area (Å²) in [6.45, 7) is 0. The lowest BCUT2D eigenvalue weighted by molar-refractivity contribution is -0.128. The van der Waals surface area contributed by atoms with Gasteiger partial charge in [0, 0.05) is 12.5 Å². The van der Waals surface area contributed by atoms with Gasteiger partial charge in [-0.1, -0.05) is 12.1 Å². The van der Waals surface area contributed by atoms with Crippen LogP contribution >= 0.6 is 0 Å². The molecule has 1 N–H and O–H groups in total. The molecule has 1 aromatic rings. The standard InChI is InChI=1S/C10H10FNO/c11-8-3-1-7(2-4-8)5-9-6-10(13)12-9/h1-4,9H,5-6H2,(H,12,13)/t9-/m1/s1. The third kappa shape index (κ3) is 1.86. The molecule has 0 bridgehead atoms. The molecule has 2 rings (SSSR count). The molecule has 1 saturated heterocycles. The van der Waals surface area contributed by atoms with Crippen LogP contribution in [0.25, 0.3) is 0 Å². The van der Waals surface area contributed by atoms with E-state index < -0.39 is 0 Å². The molecule has 0 spiro atoms. The number of carbonyl (C=O) groups is 1. The van der Waals surface area contributed by atoms with Crippen molar-refractivity contribution in [2.24, 2.45) is 0 Å². The minimum Gasteiger partial charge on any atom is -0.352 e. The second kappa shape index (κ2) is 3.17. The first-order valence-electron chi connectivity index (χ1n) is 4.28. The van der Waals surface area contributed by atoms with Crippen LogP contribution in [0.5, 0.6) is 0 Å². The second-order valence-corrected chi connectivity index (χ2v) is 3.30. The van der Waals surface area contributed by atoms with Gasteiger partial charge in [0.1, 0.15) is 5.82 Å². The van der Waals surface area contributed by atoms with Crippen LogP contribution in [0.3, 0.4) is 0 Å². The van der Waals surface area contributed by atoms with Gasteiger partial charge >= 0.3 is 0 Å². The Hall–Kier alpha value is -1.38. The Morgan fingerprint density at radius 1 is 1.38 bits per heavy atom. The van der Waals surface area contributed by atoms with Crippen molar-refractivity contribution >= 4 is 5.91 Å². The third-order valence-electron chi connectivity index (χ3n) is 2.19. The van der Waals surface area contributed by atoms with Crippen molar-refractivity contribution in [1.29, 1.82) is 0 Å². The highest BCUT2D eigenvalue weighted by molar-refractivity contribution is 5.82. The third-order valence-corrected chi connectivity index (χ3v) is 2.19. The van der Waals surface area contributed by atoms with Crippen LogP contribution in [0.4, 0.5) is 4.39 Å². The normalized spacial score (nSPS) is 20.7. The molecule has 1 amide bonds. The summed E-state index contributed by atoms with van der Waals surface area (Å²) >= 11 is 0. The molecule has 0 saturated carbocycles. The van der Waals surface area contributed by atoms with Gasteiger partial charge in [0.15, 0.2) is 0 Å². The predicted octanol–water partition coefficient (Wildman–Crippen LogP) is 1.26. The van der Waals surface area contributed by atoms with E-state index in [1.165, 1.54) is 12.1 Å². The van der Waals surface area contributed by atoms with Crippen molar-refractivity contribution in [2.75, 3.05) is 0 Å². The number of nitrogens with one attached hydrogen (secondary N) is 1. The fraction of sp³-hybridized carbons (Fsp3) is 0.300. The number of benzene rings is 1. The molecule has 1 heterocycles. The van der Waals surface area contributed by atoms with Crippen LogP contribution in [0, 0.1) is 5.82 Å². The largest absolute Gasteiger partial charge is 0.352 e. The average molecular weight is 179 g/mol. The molecule has 1 fully saturated rings. The van der Waals surface area contributed by atoms with Crippen molar-refractivity contribution < 1.29 is 9.18 Å². The second-order valence-electron chi connectivity index (χ2n) is 3.30. The Balaban J connectivity index is 1.95. The van der Waals surface area contributed by atoms with E-state index in [-0.39, 0.29) is 17.8 Å². The molecule has 0 radical (unpaired) electrons. The molecular formula is C10H10FNO. The minimum atomic E-state index is -0.221. The summed E-state index contributed by atoms with van der Waals surface area (Å²) in [6.07, 6.45) is 1.39. The molecular weight excluding hydrogens is 169 g/mol. The molecule has 1 aliphatic rings. The lowest BCUT2D eigenvalue weighted by Crippen LogP contribution is -2.49. The summed E-state index contributed by atoms with van der Waals surface area (Å²) in [5, 5.41) is 2.77. The van der Waals surface area contributed by atoms with Gasteiger partial charge < -0.3 is 5.32 Å². The number of hydrogen-bond donors (Lipinski definition) is 1. The zero-order valence-corrected chi connectivity index (χ0v) is 7.09. The summed E-state index contributed by atoms with van der Waals surface area (Å²) in [7, 11) is 0. The van der Waals surface area contributed by atoms with Crippen molar-refractivity contribution in [3.8, 4) is 0 Å². The topological polar surface area (TPSA) is 29.1 Å². The monoisotopic (exact) mass is 179 g/mol. The van der Waals surface area contributed by atoms with E-state index in [9.17, 15) is 9.18 Å². The van der Waals surface area contributed by atoms with Gasteiger partial charge in [-0.05, 0) is 24.1 Å². The summed E-state index contributed by atoms with van der Waals surface area (Å²) in [6, 6.07) is 6.63. The molecule has 0 aliphatic carbocycles. The van der Waals surface area contributed by atoms with E-state index in [1.807, 2.05) is 0 Å². The van der Waals surface area contributed by atoms with E-state index in [2.05, 4.69) is 5.32 Å². The van der Waals surface area contributed by atoms with E-state index in [4.69, 9.17) is 0 Å². The van der Waals surface area contributed by atoms with E-state index in [0.717, 1.165) is 12.0 Å². The lowest BCUT2D eigenvalue weighted by atomic mass is 9.98. The molecule has 1 aromatic carbocycles. The number of carbonyl (C=O) groups excluding carboxylic acids is 1. The van der Waals surface area contributed by atoms with Gasteiger partial charge in [-0.15, -0.1) is 0 Å². The zero-order valence-electron chi connectivity index (χ0n) is 7.09. The summed E-state index contributed by atoms with van der Waals surface area (Å²) in [5.41, 5.74) is 1.06. The summed E-state index contributed by atoms with van der Waals surface area (Å²) in [5.74, 6) is -0.117. The van der Waals surface area contributed by atoms with Crippen molar-refractivity contribution in [3.63, 3.8) is 0 Å². The fourth-order valence-electron chi connectivity index (χ4n) is 1.46. The average Bonchev–Trinajstić information content (AvgIpc) is 2.06. The van der Waals surface area contributed by atoms with Gasteiger partial charge in [-0.25, -0.2) is 4.39 Å². The number of β-lactam (4-membered cyclic amide) rings is 1. The molecule has 1 atom stereocenters. The molecule has 13 heavy (non-hydrogen) atoms. The van der Waals surface area contributed by atoms with E-state index >= 15 is 0 Å². The van der Waals surface area contributed by atoms with Gasteiger partial charge in [0.05, 0.1) is 0 Å². The first-order valence-corrected chi connectivity index (χ1v) is 4.28. The van der Waals surface area contributed by atoms with Crippen molar-refractivity contribution in [2.45, 2.75) is 18.9 Å². The molecule has 1 aliphatic heterocycles. The highest BCUT2D eigenvalue weighted by atomic mass is 19.1. The highest BCUT2D eigenvalue weighted by Gasteiger charge is 2.24. The smallest absolute Gasteiger partial charge is 0.222 e. The Bertz CT molecular complexity index is 312. The Morgan fingerprint density at radius 2 is 2.00 bits per heavy atom. The van der Waals surface area contributed by atoms with E-state index in [1.54, 1.807) is 12.1 Å². The minimum absolute atomic E-state index is 0.104. The van der Waals surface area contributed by atoms with E-state index in [0.29, 0.717) is 6.42 Å². The Kier molecular flexibility index (Phi) is 2.00. The van der Waals surface area contributed by atoms with Gasteiger partial charge in [0.25, 0.3) is 0 Å². The number of rotatable bonds is 2. The maximum absolute atomic E-state index is 12.5. The SMILES string of the molecule is O=C1C[C@@H](Cc2ccc(F)cc2)N1. The van der Waals surface area contributed by atoms with Crippen molar-refractivity contribution in [1.82, 2.24) is 5.32 Å². The number of halogens is 1. The number of amides is 1. The van der Waals surface area contributed by atoms with Crippen LogP contribution in [-0.2, 0) is 11.2 Å². The maximum atomic E-state index is 12.5. The van der Waals surface area contributed by atoms with Gasteiger partial charge in [-0.2, -0.15) is 0 Å². The van der Waals surface area contributed by atoms with Gasteiger partial charge in [0.2, 0.25) is 5.91 Å². The fourth-order valence-corrected chi connectivity index (χ4v) is 1.46. The van der Waals surface area contributed by atoms with Gasteiger partial charge in [-0.3, -0.25) is 4.79 Å². The van der Waals surface area contributed by atoms with Crippen molar-refractivity contribution in [3.05, 3.63) is 35.6 Å². The predicted molar refractivity (Wildman–Crippen MR) is 46.7 cm³/mol. The maximum Gasteiger partial charge on any atom is 0.222 e.